The summed E-state index contributed by atoms with van der Waals surface area (Å²) in [4.78, 5) is 48.6. The molecular formula is C24H21F5N6O5. The van der Waals surface area contributed by atoms with Gasteiger partial charge in [0.1, 0.15) is 12.3 Å². The van der Waals surface area contributed by atoms with Gasteiger partial charge in [-0.05, 0) is 35.7 Å². The van der Waals surface area contributed by atoms with Gasteiger partial charge in [0, 0.05) is 24.0 Å². The number of hydrogen-bond acceptors (Lipinski definition) is 8. The van der Waals surface area contributed by atoms with Crippen molar-refractivity contribution in [3.63, 3.8) is 0 Å². The topological polar surface area (TPSA) is 152 Å². The van der Waals surface area contributed by atoms with E-state index in [0.29, 0.717) is 17.0 Å². The Hall–Kier alpha value is -4.89. The lowest BCUT2D eigenvalue weighted by atomic mass is 10.00. The third-order valence-corrected chi connectivity index (χ3v) is 5.25. The molecule has 0 aliphatic carbocycles. The summed E-state index contributed by atoms with van der Waals surface area (Å²) in [7, 11) is 0. The van der Waals surface area contributed by atoms with Gasteiger partial charge in [-0.1, -0.05) is 13.8 Å². The van der Waals surface area contributed by atoms with Crippen molar-refractivity contribution >= 4 is 35.2 Å². The van der Waals surface area contributed by atoms with Crippen LogP contribution in [0.25, 0.3) is 0 Å². The molecule has 1 aliphatic heterocycles. The third-order valence-electron chi connectivity index (χ3n) is 5.25. The summed E-state index contributed by atoms with van der Waals surface area (Å²) in [5, 5.41) is 7.12. The zero-order chi connectivity index (χ0) is 29.8. The van der Waals surface area contributed by atoms with Crippen molar-refractivity contribution in [2.45, 2.75) is 32.4 Å². The van der Waals surface area contributed by atoms with E-state index in [-0.39, 0.29) is 35.5 Å². The van der Waals surface area contributed by atoms with Gasteiger partial charge in [0.15, 0.2) is 0 Å². The number of nitrogens with two attached hydrogens (primary N) is 1. The molecule has 0 atom stereocenters. The number of amides is 3. The average Bonchev–Trinajstić information content (AvgIpc) is 3.17. The van der Waals surface area contributed by atoms with E-state index in [1.165, 1.54) is 12.4 Å². The van der Waals surface area contributed by atoms with Gasteiger partial charge in [-0.2, -0.15) is 18.2 Å². The highest BCUT2D eigenvalue weighted by molar-refractivity contribution is 6.27. The number of ether oxygens (including phenoxy) is 1. The molecule has 0 radical (unpaired) electrons. The van der Waals surface area contributed by atoms with Crippen molar-refractivity contribution in [3.05, 3.63) is 60.0 Å². The summed E-state index contributed by atoms with van der Waals surface area (Å²) in [6, 6.07) is 6.96. The number of carbonyl (C=O) groups is 3. The van der Waals surface area contributed by atoms with Gasteiger partial charge in [-0.15, -0.1) is 0 Å². The molecule has 1 aliphatic rings. The Morgan fingerprint density at radius 3 is 2.38 bits per heavy atom. The molecule has 16 heteroatoms. The molecule has 212 valence electrons. The molecular weight excluding hydrogens is 547 g/mol. The lowest BCUT2D eigenvalue weighted by Crippen LogP contribution is -2.33. The second-order valence-corrected chi connectivity index (χ2v) is 8.41. The molecule has 3 aromatic rings. The second-order valence-electron chi connectivity index (χ2n) is 8.41. The quantitative estimate of drug-likeness (QED) is 0.312. The first-order valence-corrected chi connectivity index (χ1v) is 11.3. The molecule has 1 fully saturated rings. The van der Waals surface area contributed by atoms with E-state index in [1.807, 2.05) is 13.8 Å². The maximum Gasteiger partial charge on any atom is 0.490 e. The van der Waals surface area contributed by atoms with Crippen LogP contribution in [0.15, 0.2) is 48.9 Å². The first-order chi connectivity index (χ1) is 18.7. The minimum absolute atomic E-state index is 0.0620. The predicted octanol–water partition coefficient (Wildman–Crippen LogP) is 4.91. The Morgan fingerprint density at radius 1 is 1.12 bits per heavy atom. The molecule has 2 aromatic heterocycles. The van der Waals surface area contributed by atoms with E-state index < -0.39 is 30.5 Å². The third kappa shape index (κ3) is 6.95. The number of imide groups is 1. The first-order valence-electron chi connectivity index (χ1n) is 11.3. The van der Waals surface area contributed by atoms with Gasteiger partial charge < -0.3 is 15.6 Å². The Labute approximate surface area is 223 Å². The lowest BCUT2D eigenvalue weighted by Gasteiger charge is -2.22. The van der Waals surface area contributed by atoms with Crippen LogP contribution < -0.4 is 20.3 Å². The number of halogens is 5. The maximum atomic E-state index is 13.1. The number of nitrogens with zero attached hydrogens (tertiary/aromatic N) is 5. The van der Waals surface area contributed by atoms with Gasteiger partial charge in [0.25, 0.3) is 12.3 Å². The van der Waals surface area contributed by atoms with Crippen molar-refractivity contribution in [1.29, 1.82) is 0 Å². The van der Waals surface area contributed by atoms with Crippen LogP contribution in [0.3, 0.4) is 0 Å². The minimum Gasteiger partial charge on any atom is -0.475 e. The van der Waals surface area contributed by atoms with Crippen LogP contribution in [-0.2, 0) is 9.59 Å². The Bertz CT molecular complexity index is 1420. The van der Waals surface area contributed by atoms with Crippen LogP contribution in [0.5, 0.6) is 11.6 Å². The molecule has 1 aromatic carbocycles. The number of aliphatic carboxylic acids is 1. The summed E-state index contributed by atoms with van der Waals surface area (Å²) in [5.74, 6) is -2.57. The summed E-state index contributed by atoms with van der Waals surface area (Å²) in [6.07, 6.45) is -4.07. The Balaban J connectivity index is 0.000000559. The van der Waals surface area contributed by atoms with Crippen molar-refractivity contribution < 1.29 is 46.2 Å². The summed E-state index contributed by atoms with van der Waals surface area (Å²) in [5.41, 5.74) is 6.44. The molecule has 4 rings (SSSR count). The smallest absolute Gasteiger partial charge is 0.475 e. The molecule has 0 saturated carbocycles. The van der Waals surface area contributed by atoms with Crippen LogP contribution in [0, 0.1) is 0 Å². The molecule has 3 amide bonds. The predicted molar refractivity (Wildman–Crippen MR) is 130 cm³/mol. The van der Waals surface area contributed by atoms with Crippen molar-refractivity contribution in [2.75, 3.05) is 22.1 Å². The van der Waals surface area contributed by atoms with Gasteiger partial charge >= 0.3 is 18.2 Å². The monoisotopic (exact) mass is 568 g/mol. The fraction of sp³-hybridized carbons (Fsp3) is 0.250. The number of pyridine rings is 1. The Kier molecular flexibility index (Phi) is 8.81. The molecule has 1 saturated heterocycles. The largest absolute Gasteiger partial charge is 0.490 e. The number of urea groups is 1. The summed E-state index contributed by atoms with van der Waals surface area (Å²) >= 11 is 0. The number of hydrogen-bond donors (Lipinski definition) is 2. The van der Waals surface area contributed by atoms with E-state index in [2.05, 4.69) is 15.0 Å². The van der Waals surface area contributed by atoms with Gasteiger partial charge in [0.2, 0.25) is 11.8 Å². The maximum absolute atomic E-state index is 13.1. The lowest BCUT2D eigenvalue weighted by molar-refractivity contribution is -0.192. The fourth-order valence-electron chi connectivity index (χ4n) is 3.45. The van der Waals surface area contributed by atoms with E-state index in [1.54, 1.807) is 24.3 Å². The van der Waals surface area contributed by atoms with Gasteiger partial charge in [-0.3, -0.25) is 14.7 Å². The minimum atomic E-state index is -5.08. The van der Waals surface area contributed by atoms with Crippen molar-refractivity contribution in [1.82, 2.24) is 15.0 Å². The number of rotatable bonds is 6. The van der Waals surface area contributed by atoms with E-state index in [4.69, 9.17) is 20.4 Å². The highest BCUT2D eigenvalue weighted by atomic mass is 19.4. The summed E-state index contributed by atoms with van der Waals surface area (Å²) < 4.78 is 63.6. The molecule has 0 bridgehead atoms. The van der Waals surface area contributed by atoms with Gasteiger partial charge in [-0.25, -0.2) is 28.3 Å². The van der Waals surface area contributed by atoms with Crippen LogP contribution in [0.2, 0.25) is 0 Å². The first kappa shape index (κ1) is 29.7. The number of nitrogen functional groups attached to an aromatic ring is 1. The highest BCUT2D eigenvalue weighted by Crippen LogP contribution is 2.36. The fourth-order valence-corrected chi connectivity index (χ4v) is 3.45. The van der Waals surface area contributed by atoms with Gasteiger partial charge in [0.05, 0.1) is 17.6 Å². The molecule has 3 heterocycles. The zero-order valence-corrected chi connectivity index (χ0v) is 20.8. The molecule has 40 heavy (non-hydrogen) atoms. The molecule has 3 N–H and O–H groups in total. The van der Waals surface area contributed by atoms with E-state index >= 15 is 0 Å². The molecule has 11 nitrogen and oxygen atoms in total. The number of alkyl halides is 5. The summed E-state index contributed by atoms with van der Waals surface area (Å²) in [6.45, 7) is 3.53. The second kappa shape index (κ2) is 11.9. The highest BCUT2D eigenvalue weighted by Gasteiger charge is 2.40. The number of carboxylic acids is 1. The Morgan fingerprint density at radius 2 is 1.80 bits per heavy atom. The SMILES string of the molecule is CC(C)c1cc(Oc2ccnc(N)n2)ccc1N1C(=O)CN(c2cncc(C(F)F)c2)C1=O.O=C(O)C(F)(F)F. The van der Waals surface area contributed by atoms with Crippen LogP contribution >= 0.6 is 0 Å². The standard InChI is InChI=1S/C22H20F2N6O3.C2HF3O2/c1-12(2)16-8-15(33-18-5-6-27-21(25)28-18)3-4-17(16)30-19(31)11-29(22(30)32)14-7-13(20(23)24)9-26-10-14;3-2(4,5)1(6)7/h3-10,12,20H,11H2,1-2H3,(H2,25,27,28);(H,6,7). The van der Waals surface area contributed by atoms with Crippen LogP contribution in [0.1, 0.15) is 37.3 Å². The molecule has 0 spiro atoms. The number of carboxylic acid groups (broad SMARTS) is 1. The average molecular weight is 568 g/mol. The van der Waals surface area contributed by atoms with Crippen molar-refractivity contribution in [2.24, 2.45) is 0 Å². The van der Waals surface area contributed by atoms with Crippen LogP contribution in [-0.4, -0.2) is 50.7 Å². The van der Waals surface area contributed by atoms with Crippen LogP contribution in [0.4, 0.5) is 44.1 Å². The molecule has 0 unspecified atom stereocenters. The van der Waals surface area contributed by atoms with Crippen molar-refractivity contribution in [3.8, 4) is 11.6 Å². The van der Waals surface area contributed by atoms with E-state index in [0.717, 1.165) is 22.1 Å². The van der Waals surface area contributed by atoms with E-state index in [9.17, 15) is 31.5 Å². The number of carbonyl (C=O) groups excluding carboxylic acids is 2. The number of benzene rings is 1. The number of anilines is 3. The number of aromatic nitrogens is 3. The normalized spacial score (nSPS) is 13.5. The zero-order valence-electron chi connectivity index (χ0n) is 20.8.